The Kier molecular flexibility index (Phi) is 5.20. The van der Waals surface area contributed by atoms with Crippen LogP contribution in [0.15, 0.2) is 83.8 Å². The molecule has 138 valence electrons. The molecule has 0 saturated heterocycles. The van der Waals surface area contributed by atoms with Gasteiger partial charge in [-0.15, -0.1) is 4.83 Å². The van der Waals surface area contributed by atoms with Gasteiger partial charge in [0.1, 0.15) is 0 Å². The van der Waals surface area contributed by atoms with Gasteiger partial charge in [0.2, 0.25) is 0 Å². The van der Waals surface area contributed by atoms with Crippen molar-refractivity contribution in [2.75, 3.05) is 5.01 Å². The number of nitrogens with zero attached hydrogens (tertiary/aromatic N) is 2. The number of nitro benzene ring substituents is 1. The first-order chi connectivity index (χ1) is 12.9. The number of hydrogen-bond acceptors (Lipinski definition) is 5. The Balaban J connectivity index is 2.03. The zero-order chi connectivity index (χ0) is 19.4. The zero-order valence-electron chi connectivity index (χ0n) is 14.4. The first-order valence-electron chi connectivity index (χ1n) is 8.06. The van der Waals surface area contributed by atoms with Crippen molar-refractivity contribution in [3.05, 3.63) is 94.5 Å². The third-order valence-corrected chi connectivity index (χ3v) is 5.23. The Labute approximate surface area is 157 Å². The smallest absolute Gasteiger partial charge is 0.263 e. The maximum atomic E-state index is 12.9. The highest BCUT2D eigenvalue weighted by Gasteiger charge is 2.23. The topological polar surface area (TPSA) is 92.6 Å². The summed E-state index contributed by atoms with van der Waals surface area (Å²) in [5, 5.41) is 12.6. The maximum absolute atomic E-state index is 12.9. The minimum atomic E-state index is -4.06. The van der Waals surface area contributed by atoms with Gasteiger partial charge in [-0.05, 0) is 37.3 Å². The average molecular weight is 383 g/mol. The fraction of sp³-hybridized carbons (Fsp3) is 0.0526. The van der Waals surface area contributed by atoms with Crippen LogP contribution in [0.4, 0.5) is 17.1 Å². The van der Waals surface area contributed by atoms with Crippen molar-refractivity contribution in [2.45, 2.75) is 11.8 Å². The predicted octanol–water partition coefficient (Wildman–Crippen LogP) is 3.93. The SMILES string of the molecule is Cc1ccc(S(=O)(=O)NN(c2ccccc2)c2ccccc2)cc1[N+](=O)[O-]. The summed E-state index contributed by atoms with van der Waals surface area (Å²) in [5.41, 5.74) is 1.36. The summed E-state index contributed by atoms with van der Waals surface area (Å²) in [4.78, 5) is 12.9. The van der Waals surface area contributed by atoms with Gasteiger partial charge < -0.3 is 0 Å². The van der Waals surface area contributed by atoms with Crippen LogP contribution in [-0.2, 0) is 10.0 Å². The number of aryl methyl sites for hydroxylation is 1. The molecule has 0 aliphatic heterocycles. The quantitative estimate of drug-likeness (QED) is 0.514. The summed E-state index contributed by atoms with van der Waals surface area (Å²) in [5.74, 6) is 0. The zero-order valence-corrected chi connectivity index (χ0v) is 15.3. The Morgan fingerprint density at radius 3 is 1.89 bits per heavy atom. The Morgan fingerprint density at radius 2 is 1.41 bits per heavy atom. The van der Waals surface area contributed by atoms with Gasteiger partial charge in [0.25, 0.3) is 15.7 Å². The predicted molar refractivity (Wildman–Crippen MR) is 103 cm³/mol. The summed E-state index contributed by atoms with van der Waals surface area (Å²) in [7, 11) is -4.06. The number of hydrazine groups is 1. The van der Waals surface area contributed by atoms with Crippen molar-refractivity contribution in [3.63, 3.8) is 0 Å². The minimum Gasteiger partial charge on any atom is -0.263 e. The molecule has 0 aromatic heterocycles. The number of rotatable bonds is 6. The molecule has 7 nitrogen and oxygen atoms in total. The lowest BCUT2D eigenvalue weighted by Gasteiger charge is -2.25. The lowest BCUT2D eigenvalue weighted by molar-refractivity contribution is -0.385. The van der Waals surface area contributed by atoms with E-state index in [2.05, 4.69) is 4.83 Å². The van der Waals surface area contributed by atoms with E-state index in [1.807, 2.05) is 12.1 Å². The summed E-state index contributed by atoms with van der Waals surface area (Å²) >= 11 is 0. The summed E-state index contributed by atoms with van der Waals surface area (Å²) < 4.78 is 25.8. The molecule has 1 N–H and O–H groups in total. The summed E-state index contributed by atoms with van der Waals surface area (Å²) in [6.45, 7) is 1.56. The van der Waals surface area contributed by atoms with Crippen LogP contribution in [0.1, 0.15) is 5.56 Å². The van der Waals surface area contributed by atoms with Crippen LogP contribution in [0.5, 0.6) is 0 Å². The van der Waals surface area contributed by atoms with Crippen LogP contribution in [0.3, 0.4) is 0 Å². The van der Waals surface area contributed by atoms with E-state index in [1.165, 1.54) is 17.1 Å². The van der Waals surface area contributed by atoms with Gasteiger partial charge in [-0.2, -0.15) is 0 Å². The van der Waals surface area contributed by atoms with Crippen LogP contribution in [-0.4, -0.2) is 13.3 Å². The molecule has 0 unspecified atom stereocenters. The minimum absolute atomic E-state index is 0.184. The second kappa shape index (κ2) is 7.56. The number of nitro groups is 1. The van der Waals surface area contributed by atoms with Crippen LogP contribution >= 0.6 is 0 Å². The third-order valence-electron chi connectivity index (χ3n) is 3.93. The van der Waals surface area contributed by atoms with Crippen molar-refractivity contribution in [1.82, 2.24) is 4.83 Å². The van der Waals surface area contributed by atoms with E-state index >= 15 is 0 Å². The van der Waals surface area contributed by atoms with Gasteiger partial charge >= 0.3 is 0 Å². The molecule has 0 spiro atoms. The largest absolute Gasteiger partial charge is 0.273 e. The molecule has 0 heterocycles. The van der Waals surface area contributed by atoms with E-state index in [-0.39, 0.29) is 10.6 Å². The Bertz CT molecular complexity index is 1020. The van der Waals surface area contributed by atoms with E-state index in [4.69, 9.17) is 0 Å². The standard InChI is InChI=1S/C19H17N3O4S/c1-15-12-13-18(14-19(15)22(23)24)27(25,26)20-21(16-8-4-2-5-9-16)17-10-6-3-7-11-17/h2-14,20H,1H3. The van der Waals surface area contributed by atoms with E-state index in [0.29, 0.717) is 16.9 Å². The molecule has 3 aromatic carbocycles. The van der Waals surface area contributed by atoms with E-state index in [1.54, 1.807) is 55.5 Å². The second-order valence-electron chi connectivity index (χ2n) is 5.81. The summed E-state index contributed by atoms with van der Waals surface area (Å²) in [6, 6.07) is 21.7. The average Bonchev–Trinajstić information content (AvgIpc) is 2.67. The van der Waals surface area contributed by atoms with Gasteiger partial charge in [-0.1, -0.05) is 42.5 Å². The highest BCUT2D eigenvalue weighted by molar-refractivity contribution is 7.89. The van der Waals surface area contributed by atoms with Gasteiger partial charge in [0.05, 0.1) is 21.2 Å². The maximum Gasteiger partial charge on any atom is 0.273 e. The van der Waals surface area contributed by atoms with Gasteiger partial charge in [-0.3, -0.25) is 15.1 Å². The number of sulfonamides is 1. The molecule has 0 fully saturated rings. The molecule has 0 saturated carbocycles. The van der Waals surface area contributed by atoms with Crippen LogP contribution < -0.4 is 9.84 Å². The number of benzene rings is 3. The fourth-order valence-electron chi connectivity index (χ4n) is 2.53. The normalized spacial score (nSPS) is 11.1. The first-order valence-corrected chi connectivity index (χ1v) is 9.54. The number of nitrogens with one attached hydrogen (secondary N) is 1. The van der Waals surface area contributed by atoms with E-state index < -0.39 is 14.9 Å². The number of anilines is 2. The highest BCUT2D eigenvalue weighted by Crippen LogP contribution is 2.26. The number of hydrogen-bond donors (Lipinski definition) is 1. The molecule has 27 heavy (non-hydrogen) atoms. The molecule has 0 atom stereocenters. The highest BCUT2D eigenvalue weighted by atomic mass is 32.2. The molecule has 0 amide bonds. The van der Waals surface area contributed by atoms with E-state index in [9.17, 15) is 18.5 Å². The van der Waals surface area contributed by atoms with Gasteiger partial charge in [0, 0.05) is 11.6 Å². The molecule has 0 aliphatic carbocycles. The van der Waals surface area contributed by atoms with Gasteiger partial charge in [-0.25, -0.2) is 8.42 Å². The lowest BCUT2D eigenvalue weighted by Crippen LogP contribution is -2.38. The lowest BCUT2D eigenvalue weighted by atomic mass is 10.2. The molecule has 3 rings (SSSR count). The monoisotopic (exact) mass is 383 g/mol. The first kappa shape index (κ1) is 18.6. The van der Waals surface area contributed by atoms with Crippen LogP contribution in [0.25, 0.3) is 0 Å². The van der Waals surface area contributed by atoms with Crippen molar-refractivity contribution in [3.8, 4) is 0 Å². The molecule has 8 heteroatoms. The Hall–Kier alpha value is -3.23. The fourth-order valence-corrected chi connectivity index (χ4v) is 3.61. The van der Waals surface area contributed by atoms with Crippen LogP contribution in [0, 0.1) is 17.0 Å². The Morgan fingerprint density at radius 1 is 0.889 bits per heavy atom. The molecular weight excluding hydrogens is 366 g/mol. The van der Waals surface area contributed by atoms with Crippen molar-refractivity contribution >= 4 is 27.1 Å². The molecule has 3 aromatic rings. The van der Waals surface area contributed by atoms with Crippen molar-refractivity contribution in [2.24, 2.45) is 0 Å². The molecule has 0 aliphatic rings. The molecule has 0 bridgehead atoms. The second-order valence-corrected chi connectivity index (χ2v) is 7.47. The van der Waals surface area contributed by atoms with Crippen molar-refractivity contribution in [1.29, 1.82) is 0 Å². The molecular formula is C19H17N3O4S. The third kappa shape index (κ3) is 4.13. The van der Waals surface area contributed by atoms with Crippen LogP contribution in [0.2, 0.25) is 0 Å². The van der Waals surface area contributed by atoms with Gasteiger partial charge in [0.15, 0.2) is 0 Å². The molecule has 0 radical (unpaired) electrons. The van der Waals surface area contributed by atoms with E-state index in [0.717, 1.165) is 6.07 Å². The van der Waals surface area contributed by atoms with Crippen molar-refractivity contribution < 1.29 is 13.3 Å². The number of para-hydroxylation sites is 2. The summed E-state index contributed by atoms with van der Waals surface area (Å²) in [6.07, 6.45) is 0.